The Bertz CT molecular complexity index is 998. The highest BCUT2D eigenvalue weighted by molar-refractivity contribution is 7.90. The van der Waals surface area contributed by atoms with E-state index in [1.807, 2.05) is 18.2 Å². The summed E-state index contributed by atoms with van der Waals surface area (Å²) in [5.74, 6) is -0.504. The first-order valence-corrected chi connectivity index (χ1v) is 11.2. The van der Waals surface area contributed by atoms with E-state index in [-0.39, 0.29) is 11.3 Å². The van der Waals surface area contributed by atoms with Crippen LogP contribution in [0.5, 0.6) is 5.75 Å². The minimum atomic E-state index is -3.00. The number of aryl methyl sites for hydroxylation is 2. The van der Waals surface area contributed by atoms with Crippen LogP contribution in [0.4, 0.5) is 4.39 Å². The van der Waals surface area contributed by atoms with E-state index in [2.05, 4.69) is 4.74 Å². The molecular formula is C21H23FO5S. The molecule has 0 unspecified atom stereocenters. The second-order valence-electron chi connectivity index (χ2n) is 6.99. The van der Waals surface area contributed by atoms with E-state index in [0.717, 1.165) is 35.1 Å². The molecule has 5 nitrogen and oxygen atoms in total. The molecule has 7 heteroatoms. The summed E-state index contributed by atoms with van der Waals surface area (Å²) < 4.78 is 47.1. The molecule has 0 atom stereocenters. The lowest BCUT2D eigenvalue weighted by Crippen LogP contribution is -2.08. The van der Waals surface area contributed by atoms with Crippen molar-refractivity contribution in [3.8, 4) is 16.9 Å². The lowest BCUT2D eigenvalue weighted by molar-refractivity contribution is 0.0595. The van der Waals surface area contributed by atoms with E-state index in [1.54, 1.807) is 6.07 Å². The zero-order valence-electron chi connectivity index (χ0n) is 16.0. The second kappa shape index (κ2) is 8.31. The summed E-state index contributed by atoms with van der Waals surface area (Å²) in [6, 6.07) is 8.64. The number of methoxy groups -OCH3 is 1. The summed E-state index contributed by atoms with van der Waals surface area (Å²) in [6.07, 6.45) is 4.01. The fourth-order valence-corrected chi connectivity index (χ4v) is 4.09. The number of halogens is 1. The number of esters is 1. The van der Waals surface area contributed by atoms with E-state index in [4.69, 9.17) is 4.74 Å². The van der Waals surface area contributed by atoms with E-state index < -0.39 is 21.6 Å². The van der Waals surface area contributed by atoms with Gasteiger partial charge in [-0.25, -0.2) is 17.6 Å². The summed E-state index contributed by atoms with van der Waals surface area (Å²) in [4.78, 5) is 11.9. The molecule has 0 saturated heterocycles. The smallest absolute Gasteiger partial charge is 0.340 e. The van der Waals surface area contributed by atoms with Crippen LogP contribution in [-0.2, 0) is 27.4 Å². The SMILES string of the molecule is COC(=O)c1cc2c(cc1F)CCCc1cc(OCCCS(C)(=O)=O)ccc1-2. The van der Waals surface area contributed by atoms with Crippen LogP contribution >= 0.6 is 0 Å². The van der Waals surface area contributed by atoms with E-state index in [9.17, 15) is 17.6 Å². The molecule has 2 aromatic rings. The number of hydrogen-bond acceptors (Lipinski definition) is 5. The van der Waals surface area contributed by atoms with Gasteiger partial charge in [0.2, 0.25) is 0 Å². The van der Waals surface area contributed by atoms with Crippen molar-refractivity contribution in [1.82, 2.24) is 0 Å². The fourth-order valence-electron chi connectivity index (χ4n) is 3.45. The van der Waals surface area contributed by atoms with Gasteiger partial charge >= 0.3 is 5.97 Å². The predicted octanol–water partition coefficient (Wildman–Crippen LogP) is 3.58. The minimum absolute atomic E-state index is 0.0739. The Hall–Kier alpha value is -2.41. The Morgan fingerprint density at radius 3 is 2.50 bits per heavy atom. The standard InChI is InChI=1S/C21H23FO5S/c1-26-21(23)19-13-18-15(12-20(19)22)6-3-5-14-11-16(7-8-17(14)18)27-9-4-10-28(2,24)25/h7-8,11-13H,3-6,9-10H2,1-2H3. The average Bonchev–Trinajstić information content (AvgIpc) is 2.81. The predicted molar refractivity (Wildman–Crippen MR) is 105 cm³/mol. The molecule has 0 bridgehead atoms. The van der Waals surface area contributed by atoms with Crippen LogP contribution in [0.1, 0.15) is 34.3 Å². The van der Waals surface area contributed by atoms with Gasteiger partial charge < -0.3 is 9.47 Å². The second-order valence-corrected chi connectivity index (χ2v) is 9.24. The summed E-state index contributed by atoms with van der Waals surface area (Å²) in [5.41, 5.74) is 3.63. The Morgan fingerprint density at radius 1 is 1.11 bits per heavy atom. The Morgan fingerprint density at radius 2 is 1.82 bits per heavy atom. The summed E-state index contributed by atoms with van der Waals surface area (Å²) in [6.45, 7) is 0.320. The number of fused-ring (bicyclic) bond motifs is 3. The Kier molecular flexibility index (Phi) is 6.03. The van der Waals surface area contributed by atoms with E-state index in [1.165, 1.54) is 19.4 Å². The van der Waals surface area contributed by atoms with Gasteiger partial charge in [-0.1, -0.05) is 6.07 Å². The van der Waals surface area contributed by atoms with Crippen LogP contribution in [0.25, 0.3) is 11.1 Å². The molecule has 0 aromatic heterocycles. The number of sulfone groups is 1. The Labute approximate surface area is 164 Å². The van der Waals surface area contributed by atoms with E-state index in [0.29, 0.717) is 25.2 Å². The molecule has 0 saturated carbocycles. The van der Waals surface area contributed by atoms with Gasteiger partial charge in [0.1, 0.15) is 21.4 Å². The highest BCUT2D eigenvalue weighted by atomic mass is 32.2. The monoisotopic (exact) mass is 406 g/mol. The van der Waals surface area contributed by atoms with Gasteiger partial charge in [-0.15, -0.1) is 0 Å². The third-order valence-electron chi connectivity index (χ3n) is 4.79. The molecule has 0 fully saturated rings. The zero-order chi connectivity index (χ0) is 20.3. The van der Waals surface area contributed by atoms with Gasteiger partial charge in [0, 0.05) is 6.26 Å². The maximum absolute atomic E-state index is 14.3. The number of rotatable bonds is 6. The van der Waals surface area contributed by atoms with Crippen molar-refractivity contribution in [2.45, 2.75) is 25.7 Å². The van der Waals surface area contributed by atoms with Crippen LogP contribution in [0.15, 0.2) is 30.3 Å². The summed E-state index contributed by atoms with van der Waals surface area (Å²) >= 11 is 0. The van der Waals surface area contributed by atoms with Crippen molar-refractivity contribution >= 4 is 15.8 Å². The lowest BCUT2D eigenvalue weighted by Gasteiger charge is -2.14. The molecule has 3 rings (SSSR count). The molecule has 1 aliphatic carbocycles. The average molecular weight is 406 g/mol. The molecule has 0 radical (unpaired) electrons. The summed E-state index contributed by atoms with van der Waals surface area (Å²) in [7, 11) is -1.77. The zero-order valence-corrected chi connectivity index (χ0v) is 16.8. The number of ether oxygens (including phenoxy) is 2. The maximum Gasteiger partial charge on any atom is 0.340 e. The number of hydrogen-bond donors (Lipinski definition) is 0. The van der Waals surface area contributed by atoms with Crippen LogP contribution in [0, 0.1) is 5.82 Å². The van der Waals surface area contributed by atoms with Gasteiger partial charge in [0.25, 0.3) is 0 Å². The van der Waals surface area contributed by atoms with Gasteiger partial charge in [-0.05, 0) is 72.2 Å². The van der Waals surface area contributed by atoms with E-state index >= 15 is 0 Å². The van der Waals surface area contributed by atoms with Crippen molar-refractivity contribution in [1.29, 1.82) is 0 Å². The van der Waals surface area contributed by atoms with Crippen molar-refractivity contribution in [2.24, 2.45) is 0 Å². The quantitative estimate of drug-likeness (QED) is 0.542. The maximum atomic E-state index is 14.3. The van der Waals surface area contributed by atoms with Gasteiger partial charge in [-0.3, -0.25) is 0 Å². The van der Waals surface area contributed by atoms with Crippen molar-refractivity contribution in [3.63, 3.8) is 0 Å². The first-order valence-electron chi connectivity index (χ1n) is 9.13. The highest BCUT2D eigenvalue weighted by Crippen LogP contribution is 2.36. The normalized spacial score (nSPS) is 13.2. The summed E-state index contributed by atoms with van der Waals surface area (Å²) in [5, 5.41) is 0. The van der Waals surface area contributed by atoms with Crippen LogP contribution in [0.3, 0.4) is 0 Å². The third-order valence-corrected chi connectivity index (χ3v) is 5.82. The minimum Gasteiger partial charge on any atom is -0.494 e. The van der Waals surface area contributed by atoms with Gasteiger partial charge in [0.15, 0.2) is 0 Å². The fraction of sp³-hybridized carbons (Fsp3) is 0.381. The molecule has 0 amide bonds. The van der Waals surface area contributed by atoms with Crippen molar-refractivity contribution in [2.75, 3.05) is 25.7 Å². The molecule has 0 heterocycles. The number of carbonyl (C=O) groups excluding carboxylic acids is 1. The number of carbonyl (C=O) groups is 1. The van der Waals surface area contributed by atoms with Gasteiger partial charge in [-0.2, -0.15) is 0 Å². The van der Waals surface area contributed by atoms with Crippen LogP contribution < -0.4 is 4.74 Å². The van der Waals surface area contributed by atoms with Crippen LogP contribution in [0.2, 0.25) is 0 Å². The molecule has 0 spiro atoms. The van der Waals surface area contributed by atoms with Gasteiger partial charge in [0.05, 0.1) is 25.0 Å². The molecule has 150 valence electrons. The largest absolute Gasteiger partial charge is 0.494 e. The lowest BCUT2D eigenvalue weighted by atomic mass is 9.94. The highest BCUT2D eigenvalue weighted by Gasteiger charge is 2.21. The molecule has 0 N–H and O–H groups in total. The van der Waals surface area contributed by atoms with Crippen molar-refractivity contribution in [3.05, 3.63) is 52.8 Å². The number of benzene rings is 2. The molecular weight excluding hydrogens is 383 g/mol. The van der Waals surface area contributed by atoms with Crippen molar-refractivity contribution < 1.29 is 27.1 Å². The Balaban J connectivity index is 1.87. The molecule has 2 aromatic carbocycles. The molecule has 0 aliphatic heterocycles. The first-order chi connectivity index (χ1) is 13.3. The molecule has 28 heavy (non-hydrogen) atoms. The topological polar surface area (TPSA) is 69.7 Å². The first kappa shape index (κ1) is 20.3. The molecule has 1 aliphatic rings. The van der Waals surface area contributed by atoms with Crippen LogP contribution in [-0.4, -0.2) is 40.1 Å². The third kappa shape index (κ3) is 4.70.